The Morgan fingerprint density at radius 2 is 1.81 bits per heavy atom. The summed E-state index contributed by atoms with van der Waals surface area (Å²) in [5.74, 6) is -0.257. The SMILES string of the molecule is CCCCc1ccc(NC(=O)Cn2cnc(-c3ccccc3)cc2=O)cc1. The van der Waals surface area contributed by atoms with Gasteiger partial charge in [-0.05, 0) is 30.5 Å². The second kappa shape index (κ2) is 8.94. The van der Waals surface area contributed by atoms with Gasteiger partial charge in [0, 0.05) is 17.3 Å². The zero-order valence-corrected chi connectivity index (χ0v) is 15.4. The Morgan fingerprint density at radius 3 is 2.48 bits per heavy atom. The minimum Gasteiger partial charge on any atom is -0.325 e. The predicted octanol–water partition coefficient (Wildman–Crippen LogP) is 3.89. The van der Waals surface area contributed by atoms with Crippen molar-refractivity contribution in [3.8, 4) is 11.3 Å². The lowest BCUT2D eigenvalue weighted by Crippen LogP contribution is -2.27. The highest BCUT2D eigenvalue weighted by Gasteiger charge is 2.07. The van der Waals surface area contributed by atoms with E-state index >= 15 is 0 Å². The molecule has 0 fully saturated rings. The summed E-state index contributed by atoms with van der Waals surface area (Å²) in [6.45, 7) is 2.09. The van der Waals surface area contributed by atoms with Gasteiger partial charge in [-0.2, -0.15) is 0 Å². The first-order chi connectivity index (χ1) is 13.2. The molecule has 0 saturated carbocycles. The highest BCUT2D eigenvalue weighted by atomic mass is 16.2. The topological polar surface area (TPSA) is 64.0 Å². The summed E-state index contributed by atoms with van der Waals surface area (Å²) in [4.78, 5) is 28.8. The van der Waals surface area contributed by atoms with E-state index in [1.54, 1.807) is 0 Å². The number of nitrogens with one attached hydrogen (secondary N) is 1. The normalized spacial score (nSPS) is 10.6. The molecule has 1 aromatic heterocycles. The maximum absolute atomic E-state index is 12.3. The van der Waals surface area contributed by atoms with E-state index in [2.05, 4.69) is 17.2 Å². The maximum atomic E-state index is 12.3. The Morgan fingerprint density at radius 1 is 1.07 bits per heavy atom. The van der Waals surface area contributed by atoms with Gasteiger partial charge >= 0.3 is 0 Å². The molecule has 0 spiro atoms. The summed E-state index contributed by atoms with van der Waals surface area (Å²) in [5, 5.41) is 2.82. The summed E-state index contributed by atoms with van der Waals surface area (Å²) in [6.07, 6.45) is 4.77. The molecule has 0 bridgehead atoms. The number of benzene rings is 2. The van der Waals surface area contributed by atoms with Crippen LogP contribution in [0.4, 0.5) is 5.69 Å². The highest BCUT2D eigenvalue weighted by molar-refractivity contribution is 5.90. The van der Waals surface area contributed by atoms with E-state index in [9.17, 15) is 9.59 Å². The third-order valence-corrected chi connectivity index (χ3v) is 4.32. The maximum Gasteiger partial charge on any atom is 0.254 e. The molecule has 0 radical (unpaired) electrons. The summed E-state index contributed by atoms with van der Waals surface area (Å²) in [5.41, 5.74) is 3.19. The quantitative estimate of drug-likeness (QED) is 0.694. The Labute approximate surface area is 158 Å². The average molecular weight is 361 g/mol. The minimum absolute atomic E-state index is 0.0709. The zero-order chi connectivity index (χ0) is 19.1. The van der Waals surface area contributed by atoms with Crippen LogP contribution in [0.1, 0.15) is 25.3 Å². The van der Waals surface area contributed by atoms with Crippen molar-refractivity contribution >= 4 is 11.6 Å². The van der Waals surface area contributed by atoms with Gasteiger partial charge in [-0.15, -0.1) is 0 Å². The van der Waals surface area contributed by atoms with Gasteiger partial charge in [0.1, 0.15) is 6.54 Å². The van der Waals surface area contributed by atoms with E-state index in [0.717, 1.165) is 30.5 Å². The number of carbonyl (C=O) groups is 1. The van der Waals surface area contributed by atoms with Crippen LogP contribution in [-0.4, -0.2) is 15.5 Å². The van der Waals surface area contributed by atoms with Gasteiger partial charge in [-0.25, -0.2) is 4.98 Å². The van der Waals surface area contributed by atoms with Gasteiger partial charge < -0.3 is 5.32 Å². The van der Waals surface area contributed by atoms with Gasteiger partial charge in [0.2, 0.25) is 5.91 Å². The van der Waals surface area contributed by atoms with Crippen LogP contribution in [0.5, 0.6) is 0 Å². The number of carbonyl (C=O) groups excluding carboxylic acids is 1. The van der Waals surface area contributed by atoms with Crippen LogP contribution in [0, 0.1) is 0 Å². The van der Waals surface area contributed by atoms with Crippen molar-refractivity contribution in [2.45, 2.75) is 32.7 Å². The van der Waals surface area contributed by atoms with Crippen LogP contribution in [0.2, 0.25) is 0 Å². The van der Waals surface area contributed by atoms with E-state index in [-0.39, 0.29) is 18.0 Å². The molecule has 0 aliphatic carbocycles. The van der Waals surface area contributed by atoms with Crippen LogP contribution in [-0.2, 0) is 17.8 Å². The van der Waals surface area contributed by atoms with Gasteiger partial charge in [0.25, 0.3) is 5.56 Å². The lowest BCUT2D eigenvalue weighted by Gasteiger charge is -2.09. The largest absolute Gasteiger partial charge is 0.325 e. The third-order valence-electron chi connectivity index (χ3n) is 4.32. The predicted molar refractivity (Wildman–Crippen MR) is 108 cm³/mol. The fourth-order valence-electron chi connectivity index (χ4n) is 2.80. The molecule has 1 amide bonds. The van der Waals surface area contributed by atoms with E-state index in [1.165, 1.54) is 22.5 Å². The fourth-order valence-corrected chi connectivity index (χ4v) is 2.80. The van der Waals surface area contributed by atoms with E-state index < -0.39 is 0 Å². The first-order valence-electron chi connectivity index (χ1n) is 9.16. The monoisotopic (exact) mass is 361 g/mol. The van der Waals surface area contributed by atoms with Crippen molar-refractivity contribution in [3.05, 3.63) is 82.9 Å². The van der Waals surface area contributed by atoms with Crippen molar-refractivity contribution in [2.24, 2.45) is 0 Å². The molecule has 5 heteroatoms. The number of rotatable bonds is 7. The van der Waals surface area contributed by atoms with Crippen LogP contribution >= 0.6 is 0 Å². The number of amides is 1. The smallest absolute Gasteiger partial charge is 0.254 e. The molecule has 1 N–H and O–H groups in total. The highest BCUT2D eigenvalue weighted by Crippen LogP contribution is 2.14. The number of hydrogen-bond donors (Lipinski definition) is 1. The number of anilines is 1. The fraction of sp³-hybridized carbons (Fsp3) is 0.227. The lowest BCUT2D eigenvalue weighted by atomic mass is 10.1. The van der Waals surface area contributed by atoms with Crippen LogP contribution in [0.15, 0.2) is 71.8 Å². The molecule has 27 heavy (non-hydrogen) atoms. The Kier molecular flexibility index (Phi) is 6.15. The number of aromatic nitrogens is 2. The zero-order valence-electron chi connectivity index (χ0n) is 15.4. The molecule has 0 aliphatic heterocycles. The molecule has 0 atom stereocenters. The number of unbranched alkanes of at least 4 members (excludes halogenated alkanes) is 1. The molecular formula is C22H23N3O2. The molecule has 0 saturated heterocycles. The molecular weight excluding hydrogens is 338 g/mol. The molecule has 3 rings (SSSR count). The Hall–Kier alpha value is -3.21. The van der Waals surface area contributed by atoms with Crippen molar-refractivity contribution in [2.75, 3.05) is 5.32 Å². The molecule has 3 aromatic rings. The minimum atomic E-state index is -0.257. The van der Waals surface area contributed by atoms with Gasteiger partial charge in [0.05, 0.1) is 12.0 Å². The molecule has 0 aliphatic rings. The van der Waals surface area contributed by atoms with E-state index in [0.29, 0.717) is 5.69 Å². The van der Waals surface area contributed by atoms with E-state index in [4.69, 9.17) is 0 Å². The van der Waals surface area contributed by atoms with Crippen molar-refractivity contribution in [3.63, 3.8) is 0 Å². The second-order valence-electron chi connectivity index (χ2n) is 6.45. The summed E-state index contributed by atoms with van der Waals surface area (Å²) in [6, 6.07) is 18.8. The second-order valence-corrected chi connectivity index (χ2v) is 6.45. The lowest BCUT2D eigenvalue weighted by molar-refractivity contribution is -0.116. The summed E-state index contributed by atoms with van der Waals surface area (Å²) >= 11 is 0. The third kappa shape index (κ3) is 5.14. The molecule has 138 valence electrons. The summed E-state index contributed by atoms with van der Waals surface area (Å²) in [7, 11) is 0. The van der Waals surface area contributed by atoms with Gasteiger partial charge in [-0.3, -0.25) is 14.2 Å². The van der Waals surface area contributed by atoms with Crippen LogP contribution in [0.3, 0.4) is 0 Å². The average Bonchev–Trinajstić information content (AvgIpc) is 2.69. The van der Waals surface area contributed by atoms with Gasteiger partial charge in [0.15, 0.2) is 0 Å². The van der Waals surface area contributed by atoms with Crippen molar-refractivity contribution in [1.82, 2.24) is 9.55 Å². The molecule has 2 aromatic carbocycles. The Bertz CT molecular complexity index is 947. The van der Waals surface area contributed by atoms with Crippen LogP contribution < -0.4 is 10.9 Å². The Balaban J connectivity index is 1.63. The number of aryl methyl sites for hydroxylation is 1. The molecule has 5 nitrogen and oxygen atoms in total. The first-order valence-corrected chi connectivity index (χ1v) is 9.16. The number of nitrogens with zero attached hydrogens (tertiary/aromatic N) is 2. The molecule has 1 heterocycles. The van der Waals surface area contributed by atoms with Crippen LogP contribution in [0.25, 0.3) is 11.3 Å². The van der Waals surface area contributed by atoms with Crippen molar-refractivity contribution < 1.29 is 4.79 Å². The van der Waals surface area contributed by atoms with Crippen molar-refractivity contribution in [1.29, 1.82) is 0 Å². The molecule has 0 unspecified atom stereocenters. The van der Waals surface area contributed by atoms with Gasteiger partial charge in [-0.1, -0.05) is 55.8 Å². The van der Waals surface area contributed by atoms with E-state index in [1.807, 2.05) is 54.6 Å². The number of hydrogen-bond acceptors (Lipinski definition) is 3. The standard InChI is InChI=1S/C22H23N3O2/c1-2-3-7-17-10-12-19(13-11-17)24-21(26)15-25-16-23-20(14-22(25)27)18-8-5-4-6-9-18/h4-6,8-14,16H,2-3,7,15H2,1H3,(H,24,26). The first kappa shape index (κ1) is 18.6. The summed E-state index contributed by atoms with van der Waals surface area (Å²) < 4.78 is 1.30.